The first-order valence-corrected chi connectivity index (χ1v) is 9.78. The molecular formula is C23H28N2O4. The first-order chi connectivity index (χ1) is 13.9. The van der Waals surface area contributed by atoms with Gasteiger partial charge >= 0.3 is 0 Å². The predicted molar refractivity (Wildman–Crippen MR) is 112 cm³/mol. The van der Waals surface area contributed by atoms with E-state index in [4.69, 9.17) is 9.47 Å². The third-order valence-electron chi connectivity index (χ3n) is 5.62. The summed E-state index contributed by atoms with van der Waals surface area (Å²) in [6.07, 6.45) is 1.79. The SMILES string of the molecule is COc1ccc(CCNC(=O)C2(C(=O)Nc3cccc(C)c3C)CC2)cc1OC. The fourth-order valence-corrected chi connectivity index (χ4v) is 3.34. The average Bonchev–Trinajstić information content (AvgIpc) is 3.53. The largest absolute Gasteiger partial charge is 0.493 e. The summed E-state index contributed by atoms with van der Waals surface area (Å²) in [5.41, 5.74) is 2.96. The lowest BCUT2D eigenvalue weighted by molar-refractivity contribution is -0.134. The molecule has 0 spiro atoms. The van der Waals surface area contributed by atoms with Gasteiger partial charge in [-0.3, -0.25) is 9.59 Å². The van der Waals surface area contributed by atoms with Crippen LogP contribution in [0.25, 0.3) is 0 Å². The molecule has 1 aliphatic rings. The number of amides is 2. The maximum Gasteiger partial charge on any atom is 0.240 e. The molecule has 0 radical (unpaired) electrons. The Kier molecular flexibility index (Phi) is 6.11. The first kappa shape index (κ1) is 20.7. The number of hydrogen-bond donors (Lipinski definition) is 2. The van der Waals surface area contributed by atoms with Crippen molar-refractivity contribution < 1.29 is 19.1 Å². The van der Waals surface area contributed by atoms with Crippen LogP contribution in [0.4, 0.5) is 5.69 Å². The third kappa shape index (κ3) is 4.36. The van der Waals surface area contributed by atoms with Crippen LogP contribution in [0.1, 0.15) is 29.5 Å². The molecule has 1 saturated carbocycles. The molecule has 6 nitrogen and oxygen atoms in total. The lowest BCUT2D eigenvalue weighted by Gasteiger charge is -2.17. The summed E-state index contributed by atoms with van der Waals surface area (Å²) in [4.78, 5) is 25.5. The lowest BCUT2D eigenvalue weighted by atomic mass is 10.0. The molecule has 29 heavy (non-hydrogen) atoms. The van der Waals surface area contributed by atoms with Crippen molar-refractivity contribution in [3.05, 3.63) is 53.1 Å². The Labute approximate surface area is 171 Å². The van der Waals surface area contributed by atoms with Gasteiger partial charge in [0.15, 0.2) is 11.5 Å². The number of methoxy groups -OCH3 is 2. The summed E-state index contributed by atoms with van der Waals surface area (Å²) in [5, 5.41) is 5.86. The van der Waals surface area contributed by atoms with Gasteiger partial charge in [0.1, 0.15) is 5.41 Å². The second-order valence-corrected chi connectivity index (χ2v) is 7.48. The van der Waals surface area contributed by atoms with Crippen LogP contribution in [0.2, 0.25) is 0 Å². The van der Waals surface area contributed by atoms with Crippen LogP contribution < -0.4 is 20.1 Å². The molecule has 0 heterocycles. The van der Waals surface area contributed by atoms with Crippen LogP contribution in [0.3, 0.4) is 0 Å². The van der Waals surface area contributed by atoms with Crippen molar-refractivity contribution in [1.29, 1.82) is 0 Å². The number of carbonyl (C=O) groups is 2. The van der Waals surface area contributed by atoms with Gasteiger partial charge in [-0.05, 0) is 68.0 Å². The van der Waals surface area contributed by atoms with Crippen molar-refractivity contribution in [3.63, 3.8) is 0 Å². The Bertz CT molecular complexity index is 919. The standard InChI is InChI=1S/C23H28N2O4/c1-15-6-5-7-18(16(15)2)25-22(27)23(11-12-23)21(26)24-13-10-17-8-9-19(28-3)20(14-17)29-4/h5-9,14H,10-13H2,1-4H3,(H,24,26)(H,25,27). The Morgan fingerprint density at radius 3 is 2.38 bits per heavy atom. The van der Waals surface area contributed by atoms with Gasteiger partial charge in [-0.1, -0.05) is 18.2 Å². The van der Waals surface area contributed by atoms with Crippen LogP contribution >= 0.6 is 0 Å². The van der Waals surface area contributed by atoms with E-state index in [1.54, 1.807) is 14.2 Å². The second-order valence-electron chi connectivity index (χ2n) is 7.48. The van der Waals surface area contributed by atoms with Gasteiger partial charge in [-0.25, -0.2) is 0 Å². The minimum atomic E-state index is -0.951. The van der Waals surface area contributed by atoms with E-state index in [-0.39, 0.29) is 11.8 Å². The summed E-state index contributed by atoms with van der Waals surface area (Å²) in [6, 6.07) is 11.4. The molecule has 2 amide bonds. The maximum absolute atomic E-state index is 12.8. The molecular weight excluding hydrogens is 368 g/mol. The molecule has 1 aliphatic carbocycles. The quantitative estimate of drug-likeness (QED) is 0.671. The number of carbonyl (C=O) groups excluding carboxylic acids is 2. The zero-order chi connectivity index (χ0) is 21.0. The van der Waals surface area contributed by atoms with Gasteiger partial charge < -0.3 is 20.1 Å². The van der Waals surface area contributed by atoms with E-state index in [0.717, 1.165) is 22.4 Å². The van der Waals surface area contributed by atoms with Crippen molar-refractivity contribution in [3.8, 4) is 11.5 Å². The monoisotopic (exact) mass is 396 g/mol. The van der Waals surface area contributed by atoms with Gasteiger partial charge in [0.05, 0.1) is 14.2 Å². The van der Waals surface area contributed by atoms with E-state index < -0.39 is 5.41 Å². The minimum Gasteiger partial charge on any atom is -0.493 e. The normalized spacial score (nSPS) is 14.1. The minimum absolute atomic E-state index is 0.208. The highest BCUT2D eigenvalue weighted by atomic mass is 16.5. The smallest absolute Gasteiger partial charge is 0.240 e. The van der Waals surface area contributed by atoms with E-state index in [9.17, 15) is 9.59 Å². The number of rotatable bonds is 8. The molecule has 6 heteroatoms. The molecule has 3 rings (SSSR count). The number of nitrogens with one attached hydrogen (secondary N) is 2. The zero-order valence-corrected chi connectivity index (χ0v) is 17.4. The Balaban J connectivity index is 1.57. The maximum atomic E-state index is 12.8. The van der Waals surface area contributed by atoms with Crippen molar-refractivity contribution >= 4 is 17.5 Å². The molecule has 2 N–H and O–H groups in total. The molecule has 0 aromatic heterocycles. The number of benzene rings is 2. The average molecular weight is 396 g/mol. The Morgan fingerprint density at radius 1 is 1.00 bits per heavy atom. The van der Waals surface area contributed by atoms with Crippen LogP contribution in [0.15, 0.2) is 36.4 Å². The summed E-state index contributed by atoms with van der Waals surface area (Å²) < 4.78 is 10.5. The molecule has 0 aliphatic heterocycles. The molecule has 154 valence electrons. The fraction of sp³-hybridized carbons (Fsp3) is 0.391. The third-order valence-corrected chi connectivity index (χ3v) is 5.62. The molecule has 0 bridgehead atoms. The van der Waals surface area contributed by atoms with Gasteiger partial charge in [-0.15, -0.1) is 0 Å². The number of hydrogen-bond acceptors (Lipinski definition) is 4. The van der Waals surface area contributed by atoms with Crippen LogP contribution in [-0.2, 0) is 16.0 Å². The second kappa shape index (κ2) is 8.55. The van der Waals surface area contributed by atoms with E-state index >= 15 is 0 Å². The highest BCUT2D eigenvalue weighted by Crippen LogP contribution is 2.47. The molecule has 2 aromatic carbocycles. The molecule has 2 aromatic rings. The topological polar surface area (TPSA) is 76.7 Å². The highest BCUT2D eigenvalue weighted by molar-refractivity contribution is 6.13. The van der Waals surface area contributed by atoms with Crippen LogP contribution in [0.5, 0.6) is 11.5 Å². The summed E-state index contributed by atoms with van der Waals surface area (Å²) in [7, 11) is 3.19. The summed E-state index contributed by atoms with van der Waals surface area (Å²) in [6.45, 7) is 4.42. The van der Waals surface area contributed by atoms with E-state index in [1.807, 2.05) is 50.2 Å². The van der Waals surface area contributed by atoms with Gasteiger partial charge in [0, 0.05) is 12.2 Å². The van der Waals surface area contributed by atoms with Crippen molar-refractivity contribution in [2.24, 2.45) is 5.41 Å². The highest BCUT2D eigenvalue weighted by Gasteiger charge is 2.56. The first-order valence-electron chi connectivity index (χ1n) is 9.78. The Morgan fingerprint density at radius 2 is 1.72 bits per heavy atom. The number of aryl methyl sites for hydroxylation is 1. The van der Waals surface area contributed by atoms with Crippen molar-refractivity contribution in [1.82, 2.24) is 5.32 Å². The van der Waals surface area contributed by atoms with Crippen molar-refractivity contribution in [2.45, 2.75) is 33.1 Å². The summed E-state index contributed by atoms with van der Waals surface area (Å²) in [5.74, 6) is 0.888. The fourth-order valence-electron chi connectivity index (χ4n) is 3.34. The molecule has 0 unspecified atom stereocenters. The molecule has 0 saturated heterocycles. The molecule has 0 atom stereocenters. The van der Waals surface area contributed by atoms with Gasteiger partial charge in [0.25, 0.3) is 0 Å². The number of anilines is 1. The van der Waals surface area contributed by atoms with E-state index in [0.29, 0.717) is 37.3 Å². The number of ether oxygens (including phenoxy) is 2. The lowest BCUT2D eigenvalue weighted by Crippen LogP contribution is -2.40. The predicted octanol–water partition coefficient (Wildman–Crippen LogP) is 3.40. The van der Waals surface area contributed by atoms with E-state index in [1.165, 1.54) is 0 Å². The van der Waals surface area contributed by atoms with Crippen LogP contribution in [-0.4, -0.2) is 32.6 Å². The Hall–Kier alpha value is -3.02. The zero-order valence-electron chi connectivity index (χ0n) is 17.4. The van der Waals surface area contributed by atoms with E-state index in [2.05, 4.69) is 10.6 Å². The summed E-state index contributed by atoms with van der Waals surface area (Å²) >= 11 is 0. The van der Waals surface area contributed by atoms with Gasteiger partial charge in [-0.2, -0.15) is 0 Å². The molecule has 1 fully saturated rings. The van der Waals surface area contributed by atoms with Crippen molar-refractivity contribution in [2.75, 3.05) is 26.1 Å². The van der Waals surface area contributed by atoms with Crippen LogP contribution in [0, 0.1) is 19.3 Å². The van der Waals surface area contributed by atoms with Gasteiger partial charge in [0.2, 0.25) is 11.8 Å².